The van der Waals surface area contributed by atoms with Crippen molar-refractivity contribution in [3.8, 4) is 0 Å². The summed E-state index contributed by atoms with van der Waals surface area (Å²) in [7, 11) is 0. The van der Waals surface area contributed by atoms with Gasteiger partial charge in [-0.15, -0.1) is 0 Å². The van der Waals surface area contributed by atoms with Gasteiger partial charge in [-0.1, -0.05) is 0 Å². The summed E-state index contributed by atoms with van der Waals surface area (Å²) < 4.78 is 6.63. The van der Waals surface area contributed by atoms with Crippen molar-refractivity contribution in [2.24, 2.45) is 0 Å². The van der Waals surface area contributed by atoms with E-state index in [1.165, 1.54) is 12.8 Å². The Kier molecular flexibility index (Phi) is 2.75. The van der Waals surface area contributed by atoms with Crippen LogP contribution in [-0.2, 0) is 9.53 Å². The van der Waals surface area contributed by atoms with Gasteiger partial charge in [0.05, 0.1) is 12.3 Å². The van der Waals surface area contributed by atoms with Crippen molar-refractivity contribution in [3.05, 3.63) is 18.0 Å². The van der Waals surface area contributed by atoms with Gasteiger partial charge in [-0.25, -0.2) is 4.79 Å². The lowest BCUT2D eigenvalue weighted by Gasteiger charge is -2.10. The third-order valence-electron chi connectivity index (χ3n) is 2.65. The van der Waals surface area contributed by atoms with Gasteiger partial charge >= 0.3 is 5.97 Å². The average molecular weight is 208 g/mol. The summed E-state index contributed by atoms with van der Waals surface area (Å²) in [6.45, 7) is 4.03. The van der Waals surface area contributed by atoms with Gasteiger partial charge in [0.1, 0.15) is 6.04 Å². The largest absolute Gasteiger partial charge is 0.464 e. The lowest BCUT2D eigenvalue weighted by Crippen LogP contribution is -2.19. The monoisotopic (exact) mass is 208 g/mol. The molecular weight excluding hydrogens is 192 g/mol. The third-order valence-corrected chi connectivity index (χ3v) is 2.65. The van der Waals surface area contributed by atoms with Crippen molar-refractivity contribution in [2.45, 2.75) is 38.6 Å². The molecule has 82 valence electrons. The molecule has 0 saturated heterocycles. The minimum atomic E-state index is -0.322. The quantitative estimate of drug-likeness (QED) is 0.710. The van der Waals surface area contributed by atoms with Crippen molar-refractivity contribution in [1.82, 2.24) is 9.78 Å². The molecule has 15 heavy (non-hydrogen) atoms. The van der Waals surface area contributed by atoms with E-state index in [4.69, 9.17) is 4.74 Å². The van der Waals surface area contributed by atoms with E-state index in [2.05, 4.69) is 5.10 Å². The molecule has 2 rings (SSSR count). The minimum Gasteiger partial charge on any atom is -0.464 e. The number of ether oxygens (including phenoxy) is 1. The Morgan fingerprint density at radius 2 is 2.47 bits per heavy atom. The van der Waals surface area contributed by atoms with Crippen molar-refractivity contribution in [1.29, 1.82) is 0 Å². The van der Waals surface area contributed by atoms with Crippen molar-refractivity contribution < 1.29 is 9.53 Å². The van der Waals surface area contributed by atoms with E-state index in [1.54, 1.807) is 4.68 Å². The van der Waals surface area contributed by atoms with Crippen LogP contribution < -0.4 is 0 Å². The van der Waals surface area contributed by atoms with E-state index in [-0.39, 0.29) is 12.0 Å². The van der Waals surface area contributed by atoms with E-state index < -0.39 is 0 Å². The smallest absolute Gasteiger partial charge is 0.330 e. The number of rotatable bonds is 4. The van der Waals surface area contributed by atoms with Crippen LogP contribution in [0, 0.1) is 0 Å². The summed E-state index contributed by atoms with van der Waals surface area (Å²) in [6.07, 6.45) is 4.31. The van der Waals surface area contributed by atoms with Crippen LogP contribution in [-0.4, -0.2) is 22.4 Å². The van der Waals surface area contributed by atoms with Gasteiger partial charge in [0.15, 0.2) is 0 Å². The molecule has 4 heteroatoms. The van der Waals surface area contributed by atoms with Crippen LogP contribution in [0.15, 0.2) is 12.3 Å². The molecule has 0 spiro atoms. The molecule has 0 unspecified atom stereocenters. The van der Waals surface area contributed by atoms with Crippen LogP contribution in [0.1, 0.15) is 44.3 Å². The lowest BCUT2D eigenvalue weighted by atomic mass is 10.3. The molecule has 1 aromatic rings. The fourth-order valence-corrected chi connectivity index (χ4v) is 1.54. The number of nitrogens with zero attached hydrogens (tertiary/aromatic N) is 2. The second kappa shape index (κ2) is 4.04. The average Bonchev–Trinajstić information content (AvgIpc) is 2.96. The molecule has 0 radical (unpaired) electrons. The number of aromatic nitrogens is 2. The molecular formula is C11H16N2O2. The van der Waals surface area contributed by atoms with Crippen LogP contribution >= 0.6 is 0 Å². The number of hydrogen-bond acceptors (Lipinski definition) is 3. The van der Waals surface area contributed by atoms with Crippen LogP contribution in [0.5, 0.6) is 0 Å². The molecule has 4 nitrogen and oxygen atoms in total. The van der Waals surface area contributed by atoms with Crippen LogP contribution in [0.25, 0.3) is 0 Å². The second-order valence-corrected chi connectivity index (χ2v) is 3.92. The predicted molar refractivity (Wildman–Crippen MR) is 55.5 cm³/mol. The molecule has 0 bridgehead atoms. The highest BCUT2D eigenvalue weighted by molar-refractivity contribution is 5.73. The summed E-state index contributed by atoms with van der Waals surface area (Å²) >= 11 is 0. The van der Waals surface area contributed by atoms with E-state index in [0.29, 0.717) is 12.5 Å². The minimum absolute atomic E-state index is 0.219. The fraction of sp³-hybridized carbons (Fsp3) is 0.636. The molecule has 1 saturated carbocycles. The molecule has 1 heterocycles. The first kappa shape index (κ1) is 10.2. The van der Waals surface area contributed by atoms with Gasteiger partial charge < -0.3 is 4.74 Å². The summed E-state index contributed by atoms with van der Waals surface area (Å²) in [5, 5.41) is 4.39. The van der Waals surface area contributed by atoms with Gasteiger partial charge in [-0.2, -0.15) is 5.10 Å². The first-order valence-corrected chi connectivity index (χ1v) is 5.44. The fourth-order valence-electron chi connectivity index (χ4n) is 1.54. The number of carbonyl (C=O) groups is 1. The number of hydrogen-bond donors (Lipinski definition) is 0. The molecule has 0 N–H and O–H groups in total. The third kappa shape index (κ3) is 2.19. The van der Waals surface area contributed by atoms with E-state index in [1.807, 2.05) is 26.1 Å². The van der Waals surface area contributed by atoms with Crippen molar-refractivity contribution in [2.75, 3.05) is 6.61 Å². The maximum Gasteiger partial charge on any atom is 0.330 e. The summed E-state index contributed by atoms with van der Waals surface area (Å²) in [4.78, 5) is 11.5. The molecule has 1 fully saturated rings. The van der Waals surface area contributed by atoms with Crippen LogP contribution in [0.3, 0.4) is 0 Å². The maximum absolute atomic E-state index is 11.5. The highest BCUT2D eigenvalue weighted by atomic mass is 16.5. The van der Waals surface area contributed by atoms with Gasteiger partial charge in [0.2, 0.25) is 0 Å². The summed E-state index contributed by atoms with van der Waals surface area (Å²) in [6, 6.07) is 1.67. The van der Waals surface area contributed by atoms with Crippen LogP contribution in [0.4, 0.5) is 0 Å². The van der Waals surface area contributed by atoms with Gasteiger partial charge in [0.25, 0.3) is 0 Å². The lowest BCUT2D eigenvalue weighted by molar-refractivity contribution is -0.146. The van der Waals surface area contributed by atoms with E-state index >= 15 is 0 Å². The Balaban J connectivity index is 2.04. The number of carbonyl (C=O) groups excluding carboxylic acids is 1. The molecule has 0 aromatic carbocycles. The molecule has 1 atom stereocenters. The van der Waals surface area contributed by atoms with Crippen molar-refractivity contribution in [3.63, 3.8) is 0 Å². The SMILES string of the molecule is CCOC(=O)[C@@H](C)n1ccc(C2CC2)n1. The Hall–Kier alpha value is -1.32. The zero-order valence-corrected chi connectivity index (χ0v) is 9.14. The molecule has 0 amide bonds. The van der Waals surface area contributed by atoms with Crippen molar-refractivity contribution >= 4 is 5.97 Å². The van der Waals surface area contributed by atoms with E-state index in [9.17, 15) is 4.79 Å². The zero-order valence-electron chi connectivity index (χ0n) is 9.14. The zero-order chi connectivity index (χ0) is 10.8. The van der Waals surface area contributed by atoms with E-state index in [0.717, 1.165) is 5.69 Å². The number of esters is 1. The highest BCUT2D eigenvalue weighted by Crippen LogP contribution is 2.39. The Morgan fingerprint density at radius 1 is 1.73 bits per heavy atom. The maximum atomic E-state index is 11.5. The topological polar surface area (TPSA) is 44.1 Å². The first-order chi connectivity index (χ1) is 7.22. The molecule has 1 aromatic heterocycles. The normalized spacial score (nSPS) is 17.5. The Morgan fingerprint density at radius 3 is 3.07 bits per heavy atom. The molecule has 1 aliphatic rings. The summed E-state index contributed by atoms with van der Waals surface area (Å²) in [5.74, 6) is 0.406. The molecule has 1 aliphatic carbocycles. The van der Waals surface area contributed by atoms with Gasteiger partial charge in [-0.3, -0.25) is 4.68 Å². The van der Waals surface area contributed by atoms with Gasteiger partial charge in [0, 0.05) is 12.1 Å². The van der Waals surface area contributed by atoms with Crippen LogP contribution in [0.2, 0.25) is 0 Å². The molecule has 0 aliphatic heterocycles. The summed E-state index contributed by atoms with van der Waals surface area (Å²) in [5.41, 5.74) is 1.10. The standard InChI is InChI=1S/C11H16N2O2/c1-3-15-11(14)8(2)13-7-6-10(12-13)9-4-5-9/h6-9H,3-5H2,1-2H3/t8-/m1/s1. The second-order valence-electron chi connectivity index (χ2n) is 3.92. The predicted octanol–water partition coefficient (Wildman–Crippen LogP) is 1.88. The Labute approximate surface area is 89.2 Å². The Bertz CT molecular complexity index is 355. The van der Waals surface area contributed by atoms with Gasteiger partial charge in [-0.05, 0) is 32.8 Å². The highest BCUT2D eigenvalue weighted by Gasteiger charge is 2.27. The first-order valence-electron chi connectivity index (χ1n) is 5.44.